The van der Waals surface area contributed by atoms with E-state index < -0.39 is 29.2 Å². The highest BCUT2D eigenvalue weighted by Gasteiger charge is 2.54. The number of aromatic nitrogens is 1. The predicted molar refractivity (Wildman–Crippen MR) is 122 cm³/mol. The molecular formula is C20H21N5O6S2. The number of thioether (sulfide) groups is 1. The third-order valence-electron chi connectivity index (χ3n) is 5.19. The molecule has 0 saturated carbocycles. The van der Waals surface area contributed by atoms with Gasteiger partial charge in [-0.3, -0.25) is 19.3 Å². The Labute approximate surface area is 196 Å². The second-order valence-electron chi connectivity index (χ2n) is 7.49. The average molecular weight is 492 g/mol. The second-order valence-corrected chi connectivity index (χ2v) is 9.85. The highest BCUT2D eigenvalue weighted by molar-refractivity contribution is 8.00. The Balaban J connectivity index is 1.54. The van der Waals surface area contributed by atoms with E-state index in [4.69, 9.17) is 4.84 Å². The molecule has 3 N–H and O–H groups in total. The van der Waals surface area contributed by atoms with Gasteiger partial charge in [0.2, 0.25) is 6.41 Å². The van der Waals surface area contributed by atoms with Crippen LogP contribution in [0.5, 0.6) is 0 Å². The summed E-state index contributed by atoms with van der Waals surface area (Å²) in [5, 5.41) is 19.6. The lowest BCUT2D eigenvalue weighted by atomic mass is 10.0. The highest BCUT2D eigenvalue weighted by Crippen LogP contribution is 2.40. The van der Waals surface area contributed by atoms with Crippen LogP contribution in [0.3, 0.4) is 0 Å². The molecule has 4 rings (SSSR count). The molecule has 0 aromatic carbocycles. The Morgan fingerprint density at radius 2 is 2.24 bits per heavy atom. The number of anilines is 1. The fourth-order valence-electron chi connectivity index (χ4n) is 3.63. The first-order valence-corrected chi connectivity index (χ1v) is 12.0. The van der Waals surface area contributed by atoms with Gasteiger partial charge in [-0.2, -0.15) is 0 Å². The van der Waals surface area contributed by atoms with Gasteiger partial charge >= 0.3 is 5.97 Å². The number of nitrogens with zero attached hydrogens (tertiary/aromatic N) is 3. The summed E-state index contributed by atoms with van der Waals surface area (Å²) < 4.78 is 0. The fourth-order valence-corrected chi connectivity index (χ4v) is 5.61. The van der Waals surface area contributed by atoms with E-state index in [1.54, 1.807) is 5.38 Å². The SMILES string of the molecule is CC1C=C(C(=O)O)N2C(=O)C(NC(=O)C(=NOC3C=CCCC3)c3csc(NC=O)n3)[C@H]2S1. The molecule has 1 aromatic heterocycles. The van der Waals surface area contributed by atoms with Crippen molar-refractivity contribution in [1.82, 2.24) is 15.2 Å². The summed E-state index contributed by atoms with van der Waals surface area (Å²) in [7, 11) is 0. The summed E-state index contributed by atoms with van der Waals surface area (Å²) in [5.74, 6) is -2.40. The first kappa shape index (κ1) is 23.0. The molecule has 1 aliphatic carbocycles. The largest absolute Gasteiger partial charge is 0.477 e. The number of thiazole rings is 1. The molecule has 3 unspecified atom stereocenters. The van der Waals surface area contributed by atoms with E-state index in [9.17, 15) is 24.3 Å². The Hall–Kier alpha value is -3.19. The molecule has 11 nitrogen and oxygen atoms in total. The molecule has 3 amide bonds. The van der Waals surface area contributed by atoms with Crippen LogP contribution in [0, 0.1) is 0 Å². The van der Waals surface area contributed by atoms with Gasteiger partial charge in [-0.25, -0.2) is 9.78 Å². The van der Waals surface area contributed by atoms with Gasteiger partial charge in [0.1, 0.15) is 28.9 Å². The maximum atomic E-state index is 13.1. The molecular weight excluding hydrogens is 470 g/mol. The quantitative estimate of drug-likeness (QED) is 0.162. The van der Waals surface area contributed by atoms with Gasteiger partial charge in [-0.15, -0.1) is 23.1 Å². The van der Waals surface area contributed by atoms with E-state index in [1.165, 1.54) is 22.7 Å². The van der Waals surface area contributed by atoms with Crippen molar-refractivity contribution < 1.29 is 29.1 Å². The van der Waals surface area contributed by atoms with Crippen LogP contribution in [0.25, 0.3) is 0 Å². The zero-order chi connectivity index (χ0) is 23.5. The minimum absolute atomic E-state index is 0.0906. The molecule has 3 heterocycles. The molecule has 3 aliphatic rings. The van der Waals surface area contributed by atoms with E-state index >= 15 is 0 Å². The molecule has 0 bridgehead atoms. The van der Waals surface area contributed by atoms with Gasteiger partial charge in [0.25, 0.3) is 11.8 Å². The van der Waals surface area contributed by atoms with Crippen LogP contribution in [-0.4, -0.2) is 67.7 Å². The third-order valence-corrected chi connectivity index (χ3v) is 7.29. The first-order chi connectivity index (χ1) is 15.9. The number of carbonyl (C=O) groups is 4. The lowest BCUT2D eigenvalue weighted by molar-refractivity contribution is -0.150. The summed E-state index contributed by atoms with van der Waals surface area (Å²) in [6.45, 7) is 1.82. The fraction of sp³-hybridized carbons (Fsp3) is 0.400. The molecule has 13 heteroatoms. The van der Waals surface area contributed by atoms with Gasteiger partial charge in [0, 0.05) is 10.6 Å². The van der Waals surface area contributed by atoms with Crippen molar-refractivity contribution in [3.63, 3.8) is 0 Å². The van der Waals surface area contributed by atoms with Crippen LogP contribution in [0.2, 0.25) is 0 Å². The summed E-state index contributed by atoms with van der Waals surface area (Å²) in [4.78, 5) is 58.9. The number of hydrogen-bond donors (Lipinski definition) is 3. The van der Waals surface area contributed by atoms with E-state index in [2.05, 4.69) is 20.8 Å². The van der Waals surface area contributed by atoms with Gasteiger partial charge in [0.05, 0.1) is 0 Å². The van der Waals surface area contributed by atoms with Crippen molar-refractivity contribution in [3.8, 4) is 0 Å². The van der Waals surface area contributed by atoms with Crippen molar-refractivity contribution in [3.05, 3.63) is 35.0 Å². The average Bonchev–Trinajstić information content (AvgIpc) is 3.26. The number of rotatable bonds is 8. The molecule has 1 aromatic rings. The summed E-state index contributed by atoms with van der Waals surface area (Å²) in [6.07, 6.45) is 8.19. The number of fused-ring (bicyclic) bond motifs is 1. The van der Waals surface area contributed by atoms with E-state index in [-0.39, 0.29) is 33.6 Å². The maximum absolute atomic E-state index is 13.1. The van der Waals surface area contributed by atoms with E-state index in [0.717, 1.165) is 30.6 Å². The van der Waals surface area contributed by atoms with Crippen molar-refractivity contribution in [2.45, 2.75) is 49.0 Å². The number of carbonyl (C=O) groups excluding carboxylic acids is 3. The molecule has 2 aliphatic heterocycles. The first-order valence-electron chi connectivity index (χ1n) is 10.2. The number of β-lactam (4-membered cyclic amide) rings is 1. The predicted octanol–water partition coefficient (Wildman–Crippen LogP) is 1.30. The van der Waals surface area contributed by atoms with Gasteiger partial charge in [-0.05, 0) is 38.3 Å². The van der Waals surface area contributed by atoms with Crippen molar-refractivity contribution in [1.29, 1.82) is 0 Å². The van der Waals surface area contributed by atoms with Gasteiger partial charge < -0.3 is 20.6 Å². The molecule has 0 spiro atoms. The maximum Gasteiger partial charge on any atom is 0.352 e. The lowest BCUT2D eigenvalue weighted by Gasteiger charge is -2.49. The van der Waals surface area contributed by atoms with E-state index in [0.29, 0.717) is 6.41 Å². The van der Waals surface area contributed by atoms with Crippen LogP contribution in [0.1, 0.15) is 31.9 Å². The number of aliphatic carboxylic acids is 1. The number of hydrogen-bond acceptors (Lipinski definition) is 9. The Bertz CT molecular complexity index is 1070. The number of nitrogens with one attached hydrogen (secondary N) is 2. The van der Waals surface area contributed by atoms with Crippen molar-refractivity contribution >= 4 is 58.1 Å². The minimum Gasteiger partial charge on any atom is -0.477 e. The van der Waals surface area contributed by atoms with Gasteiger partial charge in [0.15, 0.2) is 10.8 Å². The van der Waals surface area contributed by atoms with Gasteiger partial charge in [-0.1, -0.05) is 11.2 Å². The normalized spacial score (nSPS) is 26.6. The zero-order valence-corrected chi connectivity index (χ0v) is 19.1. The number of oxime groups is 1. The second kappa shape index (κ2) is 9.75. The standard InChI is InChI=1S/C20H21N5O6S2/c1-10-7-13(19(29)30)25-17(28)15(18(25)33-10)23-16(27)14(12-8-32-20(22-12)21-9-26)24-31-11-5-3-2-4-6-11/h3,5,7-11,15,18H,2,4,6H2,1H3,(H,23,27)(H,29,30)(H,21,22,26)/t10?,11?,15?,18-/m1/s1. The minimum atomic E-state index is -1.20. The van der Waals surface area contributed by atoms with E-state index in [1.807, 2.05) is 19.1 Å². The molecule has 1 fully saturated rings. The number of carboxylic acids is 1. The lowest BCUT2D eigenvalue weighted by Crippen LogP contribution is -2.71. The number of amides is 3. The van der Waals surface area contributed by atoms with Crippen LogP contribution in [0.4, 0.5) is 5.13 Å². The number of carboxylic acid groups (broad SMARTS) is 1. The Morgan fingerprint density at radius 3 is 2.94 bits per heavy atom. The smallest absolute Gasteiger partial charge is 0.352 e. The monoisotopic (exact) mass is 491 g/mol. The topological polar surface area (TPSA) is 150 Å². The van der Waals surface area contributed by atoms with Crippen LogP contribution >= 0.6 is 23.1 Å². The van der Waals surface area contributed by atoms with Crippen LogP contribution < -0.4 is 10.6 Å². The summed E-state index contributed by atoms with van der Waals surface area (Å²) in [5.41, 5.74) is -0.0496. The molecule has 4 atom stereocenters. The Morgan fingerprint density at radius 1 is 1.42 bits per heavy atom. The van der Waals surface area contributed by atoms with Crippen molar-refractivity contribution in [2.75, 3.05) is 5.32 Å². The third kappa shape index (κ3) is 4.78. The van der Waals surface area contributed by atoms with Crippen molar-refractivity contribution in [2.24, 2.45) is 5.16 Å². The van der Waals surface area contributed by atoms with Crippen LogP contribution in [-0.2, 0) is 24.0 Å². The molecule has 1 saturated heterocycles. The molecule has 174 valence electrons. The Kier molecular flexibility index (Phi) is 6.79. The van der Waals surface area contributed by atoms with Crippen LogP contribution in [0.15, 0.2) is 34.5 Å². The summed E-state index contributed by atoms with van der Waals surface area (Å²) in [6, 6.07) is -0.918. The molecule has 33 heavy (non-hydrogen) atoms. The molecule has 0 radical (unpaired) electrons. The zero-order valence-electron chi connectivity index (χ0n) is 17.5. The highest BCUT2D eigenvalue weighted by atomic mass is 32.2. The summed E-state index contributed by atoms with van der Waals surface area (Å²) >= 11 is 2.48. The number of allylic oxidation sites excluding steroid dienone is 1.